The zero-order chi connectivity index (χ0) is 23.8. The van der Waals surface area contributed by atoms with Crippen molar-refractivity contribution in [2.45, 2.75) is 19.5 Å². The highest BCUT2D eigenvalue weighted by molar-refractivity contribution is 6.68. The molecule has 0 N–H and O–H groups in total. The van der Waals surface area contributed by atoms with Gasteiger partial charge in [0.1, 0.15) is 11.5 Å². The average Bonchev–Trinajstić information content (AvgIpc) is 2.52. The molecule has 4 nitrogen and oxygen atoms in total. The van der Waals surface area contributed by atoms with E-state index in [9.17, 15) is 31.1 Å². The number of carbonyl (C=O) groups excluding carboxylic acids is 1. The molecule has 0 aliphatic carbocycles. The molecule has 0 fully saturated rings. The molecular formula is C17H11ClF6O4. The van der Waals surface area contributed by atoms with Crippen molar-refractivity contribution in [1.82, 2.24) is 0 Å². The third-order valence-electron chi connectivity index (χ3n) is 3.41. The summed E-state index contributed by atoms with van der Waals surface area (Å²) in [5.41, 5.74) is -2.41. The first-order chi connectivity index (χ1) is 14.0. The number of hydrogen-bond acceptors (Lipinski definition) is 4. The second-order valence-electron chi connectivity index (χ2n) is 5.24. The molecule has 28 heavy (non-hydrogen) atoms. The molecule has 0 atom stereocenters. The number of halogens is 7. The summed E-state index contributed by atoms with van der Waals surface area (Å²) in [5.74, 6) is -2.64. The van der Waals surface area contributed by atoms with Gasteiger partial charge in [0.05, 0.1) is 22.3 Å². The largest absolute Gasteiger partial charge is 0.573 e. The van der Waals surface area contributed by atoms with Crippen LogP contribution >= 0.6 is 11.6 Å². The summed E-state index contributed by atoms with van der Waals surface area (Å²) in [6.45, 7) is 0.964. The van der Waals surface area contributed by atoms with E-state index >= 15 is 0 Å². The Bertz CT molecular complexity index is 990. The minimum Gasteiger partial charge on any atom is -0.493 e. The van der Waals surface area contributed by atoms with Gasteiger partial charge in [-0.1, -0.05) is 0 Å². The van der Waals surface area contributed by atoms with Crippen molar-refractivity contribution in [1.29, 1.82) is 0 Å². The average molecular weight is 432 g/mol. The van der Waals surface area contributed by atoms with Gasteiger partial charge in [-0.05, 0) is 48.4 Å². The van der Waals surface area contributed by atoms with E-state index in [4.69, 9.17) is 20.5 Å². The Morgan fingerprint density at radius 1 is 1.04 bits per heavy atom. The number of alkyl halides is 6. The zero-order valence-corrected chi connectivity index (χ0v) is 14.4. The lowest BCUT2D eigenvalue weighted by Gasteiger charge is -2.18. The summed E-state index contributed by atoms with van der Waals surface area (Å²) in [6, 6.07) is 3.46. The van der Waals surface area contributed by atoms with Crippen molar-refractivity contribution in [3.63, 3.8) is 0 Å². The summed E-state index contributed by atoms with van der Waals surface area (Å²) in [4.78, 5) is 11.7. The maximum absolute atomic E-state index is 13.1. The van der Waals surface area contributed by atoms with E-state index in [0.29, 0.717) is 12.1 Å². The van der Waals surface area contributed by atoms with Gasteiger partial charge in [-0.25, -0.2) is 0 Å². The second kappa shape index (κ2) is 7.78. The van der Waals surface area contributed by atoms with E-state index in [-0.39, 0.29) is 0 Å². The van der Waals surface area contributed by atoms with Gasteiger partial charge in [-0.15, -0.1) is 13.2 Å². The van der Waals surface area contributed by atoms with Crippen molar-refractivity contribution in [2.24, 2.45) is 0 Å². The molecule has 0 unspecified atom stereocenters. The Balaban J connectivity index is 2.56. The van der Waals surface area contributed by atoms with Gasteiger partial charge in [0, 0.05) is 6.07 Å². The van der Waals surface area contributed by atoms with Gasteiger partial charge in [0.25, 0.3) is 5.24 Å². The van der Waals surface area contributed by atoms with Crippen LogP contribution in [-0.4, -0.2) is 18.6 Å². The van der Waals surface area contributed by atoms with Crippen LogP contribution in [0, 0.1) is 6.92 Å². The van der Waals surface area contributed by atoms with Crippen molar-refractivity contribution < 1.29 is 49.5 Å². The van der Waals surface area contributed by atoms with E-state index in [1.807, 2.05) is 0 Å². The molecule has 0 amide bonds. The predicted octanol–water partition coefficient (Wildman–Crippen LogP) is 6.09. The molecule has 2 rings (SSSR count). The fourth-order valence-electron chi connectivity index (χ4n) is 2.29. The van der Waals surface area contributed by atoms with Crippen LogP contribution in [0.3, 0.4) is 0 Å². The molecule has 2 aromatic carbocycles. The van der Waals surface area contributed by atoms with Crippen molar-refractivity contribution in [3.8, 4) is 23.0 Å². The Hall–Kier alpha value is -2.62. The summed E-state index contributed by atoms with van der Waals surface area (Å²) in [6.07, 6.45) is -9.90. The molecule has 0 aromatic heterocycles. The topological polar surface area (TPSA) is 44.8 Å². The smallest absolute Gasteiger partial charge is 0.493 e. The Morgan fingerprint density at radius 2 is 1.68 bits per heavy atom. The highest BCUT2D eigenvalue weighted by Crippen LogP contribution is 2.41. The number of carbonyl (C=O) groups is 1. The second-order valence-corrected chi connectivity index (χ2v) is 5.59. The normalized spacial score (nSPS) is 13.9. The van der Waals surface area contributed by atoms with Crippen molar-refractivity contribution >= 4 is 16.8 Å². The molecule has 0 heterocycles. The number of methoxy groups -OCH3 is 1. The van der Waals surface area contributed by atoms with Crippen LogP contribution in [0.4, 0.5) is 26.3 Å². The number of rotatable bonds is 5. The van der Waals surface area contributed by atoms with Gasteiger partial charge in [0.2, 0.25) is 0 Å². The molecule has 2 aromatic rings. The van der Waals surface area contributed by atoms with Crippen LogP contribution in [0.25, 0.3) is 0 Å². The summed E-state index contributed by atoms with van der Waals surface area (Å²) in [5, 5.41) is -1.31. The zero-order valence-electron chi connectivity index (χ0n) is 16.7. The van der Waals surface area contributed by atoms with E-state index in [0.717, 1.165) is 25.1 Å². The molecular weight excluding hydrogens is 418 g/mol. The minimum atomic E-state index is -5.09. The van der Waals surface area contributed by atoms with Crippen LogP contribution in [0.15, 0.2) is 30.3 Å². The van der Waals surface area contributed by atoms with E-state index in [2.05, 4.69) is 9.47 Å². The Morgan fingerprint density at radius 3 is 2.21 bits per heavy atom. The summed E-state index contributed by atoms with van der Waals surface area (Å²) in [7, 11) is -3.13. The SMILES string of the molecule is [2H]C([2H])([2H])Oc1cc(OC(F)(F)F)ccc1Oc1ccc(C(F)(F)F)c(C)c1C(=O)Cl. The molecule has 0 saturated heterocycles. The Labute approximate surface area is 163 Å². The highest BCUT2D eigenvalue weighted by Gasteiger charge is 2.35. The van der Waals surface area contributed by atoms with Crippen LogP contribution < -0.4 is 14.2 Å². The molecule has 0 radical (unpaired) electrons. The third kappa shape index (κ3) is 5.00. The van der Waals surface area contributed by atoms with Gasteiger partial charge < -0.3 is 14.2 Å². The van der Waals surface area contributed by atoms with Crippen LogP contribution in [0.2, 0.25) is 0 Å². The lowest BCUT2D eigenvalue weighted by molar-refractivity contribution is -0.274. The first-order valence-electron chi connectivity index (χ1n) is 8.65. The number of benzene rings is 2. The van der Waals surface area contributed by atoms with Crippen LogP contribution in [0.5, 0.6) is 23.0 Å². The fourth-order valence-corrected chi connectivity index (χ4v) is 2.53. The first kappa shape index (κ1) is 17.5. The monoisotopic (exact) mass is 431 g/mol. The van der Waals surface area contributed by atoms with Gasteiger partial charge in [-0.3, -0.25) is 4.79 Å². The molecule has 152 valence electrons. The fraction of sp³-hybridized carbons (Fsp3) is 0.235. The predicted molar refractivity (Wildman–Crippen MR) is 86.1 cm³/mol. The molecule has 0 spiro atoms. The van der Waals surface area contributed by atoms with Crippen LogP contribution in [-0.2, 0) is 6.18 Å². The standard InChI is InChI=1S/C17H11ClF6O4/c1-8-10(16(19,20)21)4-6-12(14(8)15(18)25)27-11-5-3-9(7-13(11)26-2)28-17(22,23)24/h3-7H,1-2H3/i2D3. The lowest BCUT2D eigenvalue weighted by atomic mass is 10.0. The number of hydrogen-bond donors (Lipinski definition) is 0. The first-order valence-corrected chi connectivity index (χ1v) is 7.53. The molecule has 11 heteroatoms. The maximum atomic E-state index is 13.1. The number of ether oxygens (including phenoxy) is 3. The van der Waals surface area contributed by atoms with E-state index in [1.165, 1.54) is 0 Å². The van der Waals surface area contributed by atoms with Gasteiger partial charge in [0.15, 0.2) is 11.5 Å². The maximum Gasteiger partial charge on any atom is 0.573 e. The van der Waals surface area contributed by atoms with E-state index in [1.54, 1.807) is 0 Å². The third-order valence-corrected chi connectivity index (χ3v) is 3.60. The van der Waals surface area contributed by atoms with E-state index < -0.39 is 64.5 Å². The minimum absolute atomic E-state index is 0.509. The van der Waals surface area contributed by atoms with Crippen LogP contribution in [0.1, 0.15) is 25.6 Å². The molecule has 0 aliphatic rings. The quantitative estimate of drug-likeness (QED) is 0.424. The molecule has 0 bridgehead atoms. The van der Waals surface area contributed by atoms with Gasteiger partial charge >= 0.3 is 12.5 Å². The molecule has 0 saturated carbocycles. The van der Waals surface area contributed by atoms with Crippen molar-refractivity contribution in [3.05, 3.63) is 47.0 Å². The van der Waals surface area contributed by atoms with Gasteiger partial charge in [-0.2, -0.15) is 13.2 Å². The Kier molecular flexibility index (Phi) is 4.86. The molecule has 0 aliphatic heterocycles. The summed E-state index contributed by atoms with van der Waals surface area (Å²) >= 11 is 5.39. The lowest BCUT2D eigenvalue weighted by Crippen LogP contribution is -2.17. The highest BCUT2D eigenvalue weighted by atomic mass is 35.5. The summed E-state index contributed by atoms with van der Waals surface area (Å²) < 4.78 is 112. The van der Waals surface area contributed by atoms with Crippen molar-refractivity contribution in [2.75, 3.05) is 7.04 Å².